The summed E-state index contributed by atoms with van der Waals surface area (Å²) in [6, 6.07) is 0. The Labute approximate surface area is 119 Å². The van der Waals surface area contributed by atoms with Gasteiger partial charge in [-0.05, 0) is 41.6 Å². The zero-order valence-corrected chi connectivity index (χ0v) is 12.0. The van der Waals surface area contributed by atoms with Crippen molar-refractivity contribution >= 4 is 27.8 Å². The number of unbranched alkanes of at least 4 members (excludes halogenated alkanes) is 1. The van der Waals surface area contributed by atoms with E-state index in [9.17, 15) is 9.59 Å². The van der Waals surface area contributed by atoms with Gasteiger partial charge in [0.25, 0.3) is 5.91 Å². The van der Waals surface area contributed by atoms with Gasteiger partial charge in [-0.25, -0.2) is 0 Å². The molecule has 0 aromatic carbocycles. The van der Waals surface area contributed by atoms with Crippen LogP contribution in [-0.4, -0.2) is 33.7 Å². The van der Waals surface area contributed by atoms with E-state index < -0.39 is 5.97 Å². The molecule has 104 valence electrons. The number of carboxylic acids is 1. The quantitative estimate of drug-likeness (QED) is 0.667. The predicted molar refractivity (Wildman–Crippen MR) is 72.1 cm³/mol. The molecule has 1 aromatic heterocycles. The normalized spacial score (nSPS) is 14.4. The Morgan fingerprint density at radius 3 is 2.79 bits per heavy atom. The Morgan fingerprint density at radius 2 is 2.16 bits per heavy atom. The van der Waals surface area contributed by atoms with Crippen LogP contribution in [0.25, 0.3) is 0 Å². The van der Waals surface area contributed by atoms with Gasteiger partial charge in [-0.2, -0.15) is 5.10 Å². The van der Waals surface area contributed by atoms with Crippen molar-refractivity contribution in [2.75, 3.05) is 6.54 Å². The summed E-state index contributed by atoms with van der Waals surface area (Å²) in [5.41, 5.74) is 1.37. The summed E-state index contributed by atoms with van der Waals surface area (Å²) in [6.07, 6.45) is 3.61. The average Bonchev–Trinajstić information content (AvgIpc) is 3.12. The third kappa shape index (κ3) is 3.79. The van der Waals surface area contributed by atoms with E-state index in [-0.39, 0.29) is 12.3 Å². The smallest absolute Gasteiger partial charge is 0.303 e. The van der Waals surface area contributed by atoms with Gasteiger partial charge in [0.15, 0.2) is 5.69 Å². The number of carboxylic acid groups (broad SMARTS) is 1. The van der Waals surface area contributed by atoms with Crippen molar-refractivity contribution in [2.45, 2.75) is 38.0 Å². The molecule has 0 aliphatic heterocycles. The number of amides is 1. The van der Waals surface area contributed by atoms with Crippen LogP contribution in [-0.2, 0) is 4.79 Å². The van der Waals surface area contributed by atoms with Crippen molar-refractivity contribution in [3.05, 3.63) is 15.9 Å². The molecule has 0 atom stereocenters. The number of carbonyl (C=O) groups excluding carboxylic acids is 1. The van der Waals surface area contributed by atoms with Gasteiger partial charge in [-0.15, -0.1) is 0 Å². The monoisotopic (exact) mass is 329 g/mol. The van der Waals surface area contributed by atoms with Gasteiger partial charge in [0.05, 0.1) is 10.2 Å². The van der Waals surface area contributed by atoms with E-state index in [0.717, 1.165) is 23.0 Å². The SMILES string of the molecule is O=C(O)CCCCNC(=O)c1n[nH]c(C2CC2)c1Br. The largest absolute Gasteiger partial charge is 0.481 e. The highest BCUT2D eigenvalue weighted by molar-refractivity contribution is 9.10. The van der Waals surface area contributed by atoms with Gasteiger partial charge in [0.2, 0.25) is 0 Å². The first-order chi connectivity index (χ1) is 9.09. The van der Waals surface area contributed by atoms with Gasteiger partial charge in [0, 0.05) is 18.9 Å². The van der Waals surface area contributed by atoms with Crippen LogP contribution in [0.4, 0.5) is 0 Å². The number of aromatic nitrogens is 2. The molecule has 0 bridgehead atoms. The van der Waals surface area contributed by atoms with Crippen LogP contribution in [0.3, 0.4) is 0 Å². The zero-order chi connectivity index (χ0) is 13.8. The second-order valence-corrected chi connectivity index (χ2v) is 5.47. The molecule has 1 aliphatic rings. The predicted octanol–water partition coefficient (Wildman–Crippen LogP) is 2.03. The van der Waals surface area contributed by atoms with Crippen LogP contribution >= 0.6 is 15.9 Å². The van der Waals surface area contributed by atoms with Crippen LogP contribution in [0, 0.1) is 0 Å². The average molecular weight is 330 g/mol. The number of aliphatic carboxylic acids is 1. The number of hydrogen-bond acceptors (Lipinski definition) is 3. The molecular formula is C12H16BrN3O3. The Kier molecular flexibility index (Phi) is 4.57. The summed E-state index contributed by atoms with van der Waals surface area (Å²) in [7, 11) is 0. The van der Waals surface area contributed by atoms with Gasteiger partial charge in [-0.1, -0.05) is 0 Å². The molecule has 1 fully saturated rings. The zero-order valence-electron chi connectivity index (χ0n) is 10.4. The maximum atomic E-state index is 11.9. The minimum absolute atomic E-state index is 0.133. The Morgan fingerprint density at radius 1 is 1.42 bits per heavy atom. The molecule has 1 heterocycles. The molecule has 7 heteroatoms. The van der Waals surface area contributed by atoms with E-state index in [1.807, 2.05) is 0 Å². The first-order valence-corrected chi connectivity index (χ1v) is 7.12. The maximum Gasteiger partial charge on any atom is 0.303 e. The first kappa shape index (κ1) is 14.0. The summed E-state index contributed by atoms with van der Waals surface area (Å²) in [4.78, 5) is 22.2. The fourth-order valence-corrected chi connectivity index (χ4v) is 2.50. The van der Waals surface area contributed by atoms with Gasteiger partial charge < -0.3 is 10.4 Å². The third-order valence-corrected chi connectivity index (χ3v) is 3.84. The van der Waals surface area contributed by atoms with Crippen molar-refractivity contribution in [3.63, 3.8) is 0 Å². The highest BCUT2D eigenvalue weighted by Crippen LogP contribution is 2.42. The summed E-state index contributed by atoms with van der Waals surface area (Å²) >= 11 is 3.40. The van der Waals surface area contributed by atoms with Gasteiger partial charge >= 0.3 is 5.97 Å². The van der Waals surface area contributed by atoms with Gasteiger partial charge in [-0.3, -0.25) is 14.7 Å². The van der Waals surface area contributed by atoms with E-state index in [1.54, 1.807) is 0 Å². The lowest BCUT2D eigenvalue weighted by Crippen LogP contribution is -2.25. The van der Waals surface area contributed by atoms with Crippen molar-refractivity contribution in [2.24, 2.45) is 0 Å². The van der Waals surface area contributed by atoms with E-state index in [1.165, 1.54) is 0 Å². The van der Waals surface area contributed by atoms with E-state index in [0.29, 0.717) is 31.0 Å². The van der Waals surface area contributed by atoms with Crippen LogP contribution in [0.1, 0.15) is 54.2 Å². The summed E-state index contributed by atoms with van der Waals surface area (Å²) in [5, 5.41) is 18.2. The van der Waals surface area contributed by atoms with Crippen molar-refractivity contribution in [3.8, 4) is 0 Å². The van der Waals surface area contributed by atoms with E-state index >= 15 is 0 Å². The fourth-order valence-electron chi connectivity index (χ4n) is 1.82. The lowest BCUT2D eigenvalue weighted by Gasteiger charge is -2.02. The molecule has 0 saturated heterocycles. The molecule has 1 saturated carbocycles. The third-order valence-electron chi connectivity index (χ3n) is 3.04. The van der Waals surface area contributed by atoms with Crippen LogP contribution in [0.5, 0.6) is 0 Å². The molecule has 2 rings (SSSR count). The minimum atomic E-state index is -0.810. The molecule has 3 N–H and O–H groups in total. The second-order valence-electron chi connectivity index (χ2n) is 4.68. The fraction of sp³-hybridized carbons (Fsp3) is 0.583. The molecule has 0 spiro atoms. The van der Waals surface area contributed by atoms with Crippen molar-refractivity contribution in [1.82, 2.24) is 15.5 Å². The number of H-pyrrole nitrogens is 1. The lowest BCUT2D eigenvalue weighted by atomic mass is 10.2. The van der Waals surface area contributed by atoms with Crippen LogP contribution in [0.15, 0.2) is 4.47 Å². The highest BCUT2D eigenvalue weighted by Gasteiger charge is 2.30. The number of rotatable bonds is 7. The summed E-state index contributed by atoms with van der Waals surface area (Å²) in [6.45, 7) is 0.462. The topological polar surface area (TPSA) is 95.1 Å². The molecule has 6 nitrogen and oxygen atoms in total. The first-order valence-electron chi connectivity index (χ1n) is 6.33. The van der Waals surface area contributed by atoms with Gasteiger partial charge in [0.1, 0.15) is 0 Å². The van der Waals surface area contributed by atoms with Crippen molar-refractivity contribution < 1.29 is 14.7 Å². The number of halogens is 1. The molecule has 19 heavy (non-hydrogen) atoms. The second kappa shape index (κ2) is 6.18. The Balaban J connectivity index is 1.78. The number of carbonyl (C=O) groups is 2. The summed E-state index contributed by atoms with van der Waals surface area (Å²) < 4.78 is 0.748. The number of nitrogens with zero attached hydrogens (tertiary/aromatic N) is 1. The van der Waals surface area contributed by atoms with Crippen LogP contribution < -0.4 is 5.32 Å². The number of hydrogen-bond donors (Lipinski definition) is 3. The highest BCUT2D eigenvalue weighted by atomic mass is 79.9. The summed E-state index contributed by atoms with van der Waals surface area (Å²) in [5.74, 6) is -0.542. The van der Waals surface area contributed by atoms with Crippen molar-refractivity contribution in [1.29, 1.82) is 0 Å². The molecular weight excluding hydrogens is 314 g/mol. The Hall–Kier alpha value is -1.37. The number of aromatic amines is 1. The molecule has 1 aromatic rings. The van der Waals surface area contributed by atoms with E-state index in [2.05, 4.69) is 31.4 Å². The maximum absolute atomic E-state index is 11.9. The molecule has 0 radical (unpaired) electrons. The standard InChI is InChI=1S/C12H16BrN3O3/c13-9-10(7-4-5-7)15-16-11(9)12(19)14-6-2-1-3-8(17)18/h7H,1-6H2,(H,14,19)(H,15,16)(H,17,18). The molecule has 0 unspecified atom stereocenters. The minimum Gasteiger partial charge on any atom is -0.481 e. The molecule has 1 aliphatic carbocycles. The lowest BCUT2D eigenvalue weighted by molar-refractivity contribution is -0.137. The van der Waals surface area contributed by atoms with E-state index in [4.69, 9.17) is 5.11 Å². The number of nitrogens with one attached hydrogen (secondary N) is 2. The Bertz CT molecular complexity index is 483. The molecule has 1 amide bonds. The van der Waals surface area contributed by atoms with Crippen LogP contribution in [0.2, 0.25) is 0 Å².